The largest absolute Gasteiger partial charge is 0.345 e. The van der Waals surface area contributed by atoms with E-state index >= 15 is 0 Å². The molecule has 1 N–H and O–H groups in total. The highest BCUT2D eigenvalue weighted by atomic mass is 35.5. The first kappa shape index (κ1) is 20.9. The molecule has 7 heteroatoms. The quantitative estimate of drug-likeness (QED) is 0.634. The molecule has 1 atom stereocenters. The van der Waals surface area contributed by atoms with Crippen LogP contribution in [0.15, 0.2) is 47.1 Å². The van der Waals surface area contributed by atoms with Crippen molar-refractivity contribution in [1.82, 2.24) is 20.1 Å². The van der Waals surface area contributed by atoms with Crippen molar-refractivity contribution in [3.05, 3.63) is 53.3 Å². The van der Waals surface area contributed by atoms with E-state index in [-0.39, 0.29) is 17.9 Å². The van der Waals surface area contributed by atoms with E-state index in [4.69, 9.17) is 11.6 Å². The average molecular weight is 419 g/mol. The van der Waals surface area contributed by atoms with Crippen molar-refractivity contribution in [2.24, 2.45) is 13.0 Å². The number of nitrogens with one attached hydrogen (secondary N) is 1. The first-order chi connectivity index (χ1) is 13.5. The van der Waals surface area contributed by atoms with Crippen LogP contribution in [0.5, 0.6) is 0 Å². The molecule has 0 radical (unpaired) electrons. The monoisotopic (exact) mass is 418 g/mol. The van der Waals surface area contributed by atoms with E-state index in [1.54, 1.807) is 0 Å². The molecule has 1 amide bonds. The van der Waals surface area contributed by atoms with Crippen molar-refractivity contribution in [2.45, 2.75) is 49.7 Å². The number of carbonyl (C=O) groups is 1. The van der Waals surface area contributed by atoms with Crippen LogP contribution in [-0.4, -0.2) is 26.4 Å². The zero-order valence-corrected chi connectivity index (χ0v) is 17.8. The minimum atomic E-state index is -0.220. The highest BCUT2D eigenvalue weighted by Crippen LogP contribution is 2.27. The maximum atomic E-state index is 12.9. The Balaban J connectivity index is 1.79. The Morgan fingerprint density at radius 3 is 2.68 bits per heavy atom. The van der Waals surface area contributed by atoms with Gasteiger partial charge in [-0.3, -0.25) is 4.79 Å². The summed E-state index contributed by atoms with van der Waals surface area (Å²) >= 11 is 7.37. The fourth-order valence-electron chi connectivity index (χ4n) is 3.61. The summed E-state index contributed by atoms with van der Waals surface area (Å²) in [5, 5.41) is 13.3. The molecule has 150 valence electrons. The number of hydrogen-bond donors (Lipinski definition) is 1. The topological polar surface area (TPSA) is 59.8 Å². The SMILES string of the molecule is C=C(Cl)CSc1nnc([C@H](Cc2ccccc2)NC(=O)C2CCCCC2)n1C. The summed E-state index contributed by atoms with van der Waals surface area (Å²) in [7, 11) is 1.93. The number of halogens is 1. The second-order valence-electron chi connectivity index (χ2n) is 7.29. The lowest BCUT2D eigenvalue weighted by atomic mass is 9.88. The van der Waals surface area contributed by atoms with E-state index in [2.05, 4.69) is 34.2 Å². The van der Waals surface area contributed by atoms with Gasteiger partial charge in [0, 0.05) is 23.8 Å². The van der Waals surface area contributed by atoms with Crippen molar-refractivity contribution in [2.75, 3.05) is 5.75 Å². The Hall–Kier alpha value is -1.79. The number of aromatic nitrogens is 3. The molecule has 2 aromatic rings. The smallest absolute Gasteiger partial charge is 0.223 e. The van der Waals surface area contributed by atoms with Gasteiger partial charge in [-0.25, -0.2) is 0 Å². The predicted octanol–water partition coefficient (Wildman–Crippen LogP) is 4.64. The van der Waals surface area contributed by atoms with Crippen LogP contribution >= 0.6 is 23.4 Å². The fraction of sp³-hybridized carbons (Fsp3) is 0.476. The second kappa shape index (κ2) is 10.1. The number of nitrogens with zero attached hydrogens (tertiary/aromatic N) is 3. The predicted molar refractivity (Wildman–Crippen MR) is 114 cm³/mol. The summed E-state index contributed by atoms with van der Waals surface area (Å²) in [6.07, 6.45) is 6.12. The Labute approximate surface area is 176 Å². The Bertz CT molecular complexity index is 802. The lowest BCUT2D eigenvalue weighted by molar-refractivity contribution is -0.126. The fourth-order valence-corrected chi connectivity index (χ4v) is 4.44. The van der Waals surface area contributed by atoms with Gasteiger partial charge in [-0.1, -0.05) is 79.5 Å². The second-order valence-corrected chi connectivity index (χ2v) is 8.77. The summed E-state index contributed by atoms with van der Waals surface area (Å²) in [6, 6.07) is 9.95. The summed E-state index contributed by atoms with van der Waals surface area (Å²) in [5.41, 5.74) is 1.16. The van der Waals surface area contributed by atoms with Crippen LogP contribution in [0.3, 0.4) is 0 Å². The van der Waals surface area contributed by atoms with Gasteiger partial charge < -0.3 is 9.88 Å². The summed E-state index contributed by atoms with van der Waals surface area (Å²) in [5.74, 6) is 1.57. The van der Waals surface area contributed by atoms with Gasteiger partial charge in [0.05, 0.1) is 6.04 Å². The lowest BCUT2D eigenvalue weighted by Gasteiger charge is -2.24. The number of hydrogen-bond acceptors (Lipinski definition) is 4. The first-order valence-electron chi connectivity index (χ1n) is 9.74. The molecule has 0 spiro atoms. The van der Waals surface area contributed by atoms with Crippen molar-refractivity contribution < 1.29 is 4.79 Å². The highest BCUT2D eigenvalue weighted by molar-refractivity contribution is 7.99. The van der Waals surface area contributed by atoms with E-state index < -0.39 is 0 Å². The average Bonchev–Trinajstić information content (AvgIpc) is 3.07. The molecule has 1 aliphatic rings. The van der Waals surface area contributed by atoms with E-state index in [1.165, 1.54) is 18.2 Å². The molecule has 1 fully saturated rings. The van der Waals surface area contributed by atoms with Gasteiger partial charge in [0.1, 0.15) is 0 Å². The van der Waals surface area contributed by atoms with Gasteiger partial charge >= 0.3 is 0 Å². The molecule has 0 bridgehead atoms. The summed E-state index contributed by atoms with van der Waals surface area (Å²) in [6.45, 7) is 3.72. The number of thioether (sulfide) groups is 1. The van der Waals surface area contributed by atoms with Crippen LogP contribution in [0, 0.1) is 5.92 Å². The van der Waals surface area contributed by atoms with E-state index in [0.29, 0.717) is 17.2 Å². The van der Waals surface area contributed by atoms with Gasteiger partial charge in [0.25, 0.3) is 0 Å². The third kappa shape index (κ3) is 5.61. The molecule has 1 aliphatic carbocycles. The molecule has 1 heterocycles. The zero-order valence-electron chi connectivity index (χ0n) is 16.2. The minimum Gasteiger partial charge on any atom is -0.345 e. The van der Waals surface area contributed by atoms with E-state index in [9.17, 15) is 4.79 Å². The van der Waals surface area contributed by atoms with Gasteiger partial charge in [0.2, 0.25) is 5.91 Å². The van der Waals surface area contributed by atoms with Crippen molar-refractivity contribution in [3.63, 3.8) is 0 Å². The maximum absolute atomic E-state index is 12.9. The lowest BCUT2D eigenvalue weighted by Crippen LogP contribution is -2.37. The first-order valence-corrected chi connectivity index (χ1v) is 11.1. The van der Waals surface area contributed by atoms with E-state index in [0.717, 1.165) is 42.2 Å². The Morgan fingerprint density at radius 2 is 2.00 bits per heavy atom. The third-order valence-electron chi connectivity index (χ3n) is 5.11. The normalized spacial score (nSPS) is 15.9. The van der Waals surface area contributed by atoms with Crippen LogP contribution in [0.2, 0.25) is 0 Å². The number of rotatable bonds is 8. The molecular formula is C21H27ClN4OS. The Kier molecular flexibility index (Phi) is 7.57. The maximum Gasteiger partial charge on any atom is 0.223 e. The third-order valence-corrected chi connectivity index (χ3v) is 6.51. The molecule has 28 heavy (non-hydrogen) atoms. The van der Waals surface area contributed by atoms with Crippen LogP contribution in [0.4, 0.5) is 0 Å². The van der Waals surface area contributed by atoms with Gasteiger partial charge in [-0.2, -0.15) is 0 Å². The number of benzene rings is 1. The number of amides is 1. The van der Waals surface area contributed by atoms with Crippen molar-refractivity contribution in [1.29, 1.82) is 0 Å². The highest BCUT2D eigenvalue weighted by Gasteiger charge is 2.27. The van der Waals surface area contributed by atoms with Crippen LogP contribution in [0.1, 0.15) is 49.5 Å². The molecule has 1 aromatic heterocycles. The summed E-state index contributed by atoms with van der Waals surface area (Å²) < 4.78 is 1.94. The van der Waals surface area contributed by atoms with E-state index in [1.807, 2.05) is 29.8 Å². The van der Waals surface area contributed by atoms with Gasteiger partial charge in [-0.15, -0.1) is 10.2 Å². The molecule has 0 aliphatic heterocycles. The van der Waals surface area contributed by atoms with Crippen LogP contribution in [0.25, 0.3) is 0 Å². The zero-order chi connectivity index (χ0) is 19.9. The molecule has 5 nitrogen and oxygen atoms in total. The van der Waals surface area contributed by atoms with Crippen molar-refractivity contribution >= 4 is 29.3 Å². The summed E-state index contributed by atoms with van der Waals surface area (Å²) in [4.78, 5) is 12.9. The van der Waals surface area contributed by atoms with Crippen LogP contribution in [-0.2, 0) is 18.3 Å². The number of carbonyl (C=O) groups excluding carboxylic acids is 1. The van der Waals surface area contributed by atoms with Crippen LogP contribution < -0.4 is 5.32 Å². The van der Waals surface area contributed by atoms with Gasteiger partial charge in [-0.05, 0) is 24.8 Å². The standard InChI is InChI=1S/C21H27ClN4OS/c1-15(22)14-28-21-25-24-19(26(21)2)18(13-16-9-5-3-6-10-16)23-20(27)17-11-7-4-8-12-17/h3,5-6,9-10,17-18H,1,4,7-8,11-14H2,2H3,(H,23,27)/t18-/m0/s1. The molecule has 0 saturated heterocycles. The molecule has 0 unspecified atom stereocenters. The van der Waals surface area contributed by atoms with Gasteiger partial charge in [0.15, 0.2) is 11.0 Å². The molecule has 1 aromatic carbocycles. The Morgan fingerprint density at radius 1 is 1.29 bits per heavy atom. The molecule has 1 saturated carbocycles. The molecule has 3 rings (SSSR count). The minimum absolute atomic E-state index is 0.105. The van der Waals surface area contributed by atoms with Crippen molar-refractivity contribution in [3.8, 4) is 0 Å². The molecular weight excluding hydrogens is 392 g/mol.